The predicted octanol–water partition coefficient (Wildman–Crippen LogP) is 2.85. The average Bonchev–Trinajstić information content (AvgIpc) is 2.76. The zero-order valence-corrected chi connectivity index (χ0v) is 10.5. The van der Waals surface area contributed by atoms with Crippen LogP contribution in [0.3, 0.4) is 0 Å². The Labute approximate surface area is 99.2 Å². The van der Waals surface area contributed by atoms with E-state index in [1.165, 1.54) is 28.3 Å². The molecular weight excluding hydrogens is 218 g/mol. The van der Waals surface area contributed by atoms with Crippen LogP contribution in [0.25, 0.3) is 12.2 Å². The molecule has 0 spiro atoms. The first-order valence-electron chi connectivity index (χ1n) is 5.10. The molecule has 2 rings (SSSR count). The first-order chi connectivity index (χ1) is 7.58. The molecule has 0 aliphatic rings. The van der Waals surface area contributed by atoms with Crippen LogP contribution in [0.15, 0.2) is 11.4 Å². The number of aromatic nitrogens is 2. The van der Waals surface area contributed by atoms with Gasteiger partial charge in [-0.05, 0) is 31.6 Å². The number of nitrogens with zero attached hydrogens (tertiary/aromatic N) is 2. The van der Waals surface area contributed by atoms with Crippen LogP contribution >= 0.6 is 11.3 Å². The van der Waals surface area contributed by atoms with Gasteiger partial charge in [0.25, 0.3) is 0 Å². The van der Waals surface area contributed by atoms with E-state index in [2.05, 4.69) is 42.6 Å². The number of nitrogen functional groups attached to an aromatic ring is 1. The molecule has 0 fully saturated rings. The lowest BCUT2D eigenvalue weighted by molar-refractivity contribution is 0.843. The molecule has 0 aromatic carbocycles. The van der Waals surface area contributed by atoms with Crippen LogP contribution in [0.1, 0.15) is 22.6 Å². The van der Waals surface area contributed by atoms with Crippen molar-refractivity contribution in [2.45, 2.75) is 13.8 Å². The summed E-state index contributed by atoms with van der Waals surface area (Å²) in [5.41, 5.74) is 10.2. The number of hydrogen-bond acceptors (Lipinski definition) is 3. The molecule has 2 N–H and O–H groups in total. The maximum Gasteiger partial charge on any atom is 0.180 e. The summed E-state index contributed by atoms with van der Waals surface area (Å²) in [6.45, 7) is 4.22. The zero-order chi connectivity index (χ0) is 11.7. The number of aryl methyl sites for hydroxylation is 1. The number of rotatable bonds is 2. The molecular formula is C12H15N3S. The van der Waals surface area contributed by atoms with Crippen LogP contribution in [0.2, 0.25) is 0 Å². The second kappa shape index (κ2) is 4.14. The van der Waals surface area contributed by atoms with E-state index in [-0.39, 0.29) is 0 Å². The van der Waals surface area contributed by atoms with E-state index in [0.717, 1.165) is 5.69 Å². The van der Waals surface area contributed by atoms with Crippen molar-refractivity contribution in [3.05, 3.63) is 34.1 Å². The Kier molecular flexibility index (Phi) is 2.83. The Balaban J connectivity index is 2.27. The highest BCUT2D eigenvalue weighted by Gasteiger charge is 2.02. The summed E-state index contributed by atoms with van der Waals surface area (Å²) in [4.78, 5) is 4.19. The van der Waals surface area contributed by atoms with Crippen molar-refractivity contribution in [1.29, 1.82) is 0 Å². The topological polar surface area (TPSA) is 43.8 Å². The van der Waals surface area contributed by atoms with Gasteiger partial charge in [-0.2, -0.15) is 0 Å². The predicted molar refractivity (Wildman–Crippen MR) is 70.3 cm³/mol. The fourth-order valence-electron chi connectivity index (χ4n) is 1.61. The monoisotopic (exact) mass is 233 g/mol. The number of hydrogen-bond donors (Lipinski definition) is 1. The minimum absolute atomic E-state index is 0.612. The highest BCUT2D eigenvalue weighted by molar-refractivity contribution is 7.13. The molecule has 84 valence electrons. The maximum absolute atomic E-state index is 5.58. The van der Waals surface area contributed by atoms with Crippen LogP contribution in [-0.2, 0) is 7.05 Å². The molecule has 0 radical (unpaired) electrons. The molecule has 3 nitrogen and oxygen atoms in total. The standard InChI is InChI=1S/C12H15N3S/c1-8-6-10(9(2)15(8)3)4-5-11-7-16-12(13)14-11/h4-7H,1-3H3,(H2,13,14)/b5-4+. The summed E-state index contributed by atoms with van der Waals surface area (Å²) < 4.78 is 2.18. The third-order valence-electron chi connectivity index (χ3n) is 2.79. The molecule has 4 heteroatoms. The van der Waals surface area contributed by atoms with Crippen molar-refractivity contribution < 1.29 is 0 Å². The molecule has 2 aromatic rings. The highest BCUT2D eigenvalue weighted by atomic mass is 32.1. The number of thiazole rings is 1. The Morgan fingerprint density at radius 1 is 1.38 bits per heavy atom. The van der Waals surface area contributed by atoms with Gasteiger partial charge in [-0.25, -0.2) is 4.98 Å². The van der Waals surface area contributed by atoms with E-state index in [9.17, 15) is 0 Å². The van der Waals surface area contributed by atoms with Crippen LogP contribution in [0.4, 0.5) is 5.13 Å². The lowest BCUT2D eigenvalue weighted by Crippen LogP contribution is -1.92. The summed E-state index contributed by atoms with van der Waals surface area (Å²) in [5.74, 6) is 0. The van der Waals surface area contributed by atoms with Crippen LogP contribution in [0, 0.1) is 13.8 Å². The van der Waals surface area contributed by atoms with Gasteiger partial charge in [0.1, 0.15) is 0 Å². The van der Waals surface area contributed by atoms with Gasteiger partial charge >= 0.3 is 0 Å². The second-order valence-electron chi connectivity index (χ2n) is 3.83. The summed E-state index contributed by atoms with van der Waals surface area (Å²) in [6, 6.07) is 2.17. The van der Waals surface area contributed by atoms with E-state index in [4.69, 9.17) is 5.73 Å². The van der Waals surface area contributed by atoms with E-state index >= 15 is 0 Å². The molecule has 0 bridgehead atoms. The van der Waals surface area contributed by atoms with Crippen molar-refractivity contribution in [3.8, 4) is 0 Å². The smallest absolute Gasteiger partial charge is 0.180 e. The largest absolute Gasteiger partial charge is 0.375 e. The van der Waals surface area contributed by atoms with Gasteiger partial charge in [0.2, 0.25) is 0 Å². The van der Waals surface area contributed by atoms with Gasteiger partial charge in [-0.15, -0.1) is 11.3 Å². The SMILES string of the molecule is Cc1cc(/C=C/c2csc(N)n2)c(C)n1C. The molecule has 2 aromatic heterocycles. The Bertz CT molecular complexity index is 534. The van der Waals surface area contributed by atoms with E-state index < -0.39 is 0 Å². The van der Waals surface area contributed by atoms with Gasteiger partial charge in [-0.3, -0.25) is 0 Å². The van der Waals surface area contributed by atoms with Gasteiger partial charge in [0, 0.05) is 23.8 Å². The number of nitrogens with two attached hydrogens (primary N) is 1. The van der Waals surface area contributed by atoms with Crippen molar-refractivity contribution >= 4 is 28.6 Å². The maximum atomic E-state index is 5.58. The lowest BCUT2D eigenvalue weighted by Gasteiger charge is -1.98. The molecule has 0 atom stereocenters. The Morgan fingerprint density at radius 2 is 2.12 bits per heavy atom. The van der Waals surface area contributed by atoms with Gasteiger partial charge in [-0.1, -0.05) is 6.08 Å². The molecule has 0 saturated carbocycles. The molecule has 0 aliphatic carbocycles. The summed E-state index contributed by atoms with van der Waals surface area (Å²) in [5, 5.41) is 2.57. The summed E-state index contributed by atoms with van der Waals surface area (Å²) >= 11 is 1.46. The van der Waals surface area contributed by atoms with E-state index in [1.54, 1.807) is 0 Å². The Morgan fingerprint density at radius 3 is 2.62 bits per heavy atom. The van der Waals surface area contributed by atoms with E-state index in [1.807, 2.05) is 11.5 Å². The molecule has 0 aliphatic heterocycles. The second-order valence-corrected chi connectivity index (χ2v) is 4.72. The third kappa shape index (κ3) is 2.02. The highest BCUT2D eigenvalue weighted by Crippen LogP contribution is 2.18. The Hall–Kier alpha value is -1.55. The zero-order valence-electron chi connectivity index (χ0n) is 9.69. The fourth-order valence-corrected chi connectivity index (χ4v) is 2.14. The van der Waals surface area contributed by atoms with Gasteiger partial charge in [0.05, 0.1) is 5.69 Å². The van der Waals surface area contributed by atoms with Crippen LogP contribution < -0.4 is 5.73 Å². The summed E-state index contributed by atoms with van der Waals surface area (Å²) in [6.07, 6.45) is 4.07. The molecule has 16 heavy (non-hydrogen) atoms. The number of anilines is 1. The minimum Gasteiger partial charge on any atom is -0.375 e. The van der Waals surface area contributed by atoms with Gasteiger partial charge < -0.3 is 10.3 Å². The molecule has 0 saturated heterocycles. The average molecular weight is 233 g/mol. The van der Waals surface area contributed by atoms with Crippen LogP contribution in [-0.4, -0.2) is 9.55 Å². The molecule has 0 amide bonds. The van der Waals surface area contributed by atoms with E-state index in [0.29, 0.717) is 5.13 Å². The fraction of sp³-hybridized carbons (Fsp3) is 0.250. The molecule has 0 unspecified atom stereocenters. The lowest BCUT2D eigenvalue weighted by atomic mass is 10.2. The van der Waals surface area contributed by atoms with Crippen molar-refractivity contribution in [1.82, 2.24) is 9.55 Å². The normalized spacial score (nSPS) is 11.4. The first kappa shape index (κ1) is 11.0. The quantitative estimate of drug-likeness (QED) is 0.866. The third-order valence-corrected chi connectivity index (χ3v) is 3.48. The van der Waals surface area contributed by atoms with Crippen molar-refractivity contribution in [2.75, 3.05) is 5.73 Å². The van der Waals surface area contributed by atoms with Crippen LogP contribution in [0.5, 0.6) is 0 Å². The molecule has 2 heterocycles. The first-order valence-corrected chi connectivity index (χ1v) is 5.98. The van der Waals surface area contributed by atoms with Gasteiger partial charge in [0.15, 0.2) is 5.13 Å². The van der Waals surface area contributed by atoms with Crippen molar-refractivity contribution in [3.63, 3.8) is 0 Å². The summed E-state index contributed by atoms with van der Waals surface area (Å²) in [7, 11) is 2.07. The minimum atomic E-state index is 0.612. The van der Waals surface area contributed by atoms with Crippen molar-refractivity contribution in [2.24, 2.45) is 7.05 Å².